The minimum Gasteiger partial charge on any atom is -0.326 e. The van der Waals surface area contributed by atoms with E-state index in [9.17, 15) is 9.18 Å². The van der Waals surface area contributed by atoms with Crippen LogP contribution in [0.1, 0.15) is 11.1 Å². The molecule has 0 heterocycles. The fraction of sp³-hybridized carbons (Fsp3) is 0.222. The topological polar surface area (TPSA) is 57.3 Å². The van der Waals surface area contributed by atoms with E-state index in [0.717, 1.165) is 10.5 Å². The van der Waals surface area contributed by atoms with Crippen molar-refractivity contribution >= 4 is 23.2 Å². The van der Waals surface area contributed by atoms with Gasteiger partial charge in [-0.2, -0.15) is 5.26 Å². The summed E-state index contributed by atoms with van der Waals surface area (Å²) < 4.78 is 13.8. The highest BCUT2D eigenvalue weighted by Gasteiger charge is 2.15. The summed E-state index contributed by atoms with van der Waals surface area (Å²) in [6.45, 7) is 0.505. The van der Waals surface area contributed by atoms with Gasteiger partial charge in [0.05, 0.1) is 30.1 Å². The Morgan fingerprint density at radius 1 is 1.29 bits per heavy atom. The average Bonchev–Trinajstić information content (AvgIpc) is 2.53. The number of quaternary nitrogens is 1. The Kier molecular flexibility index (Phi) is 6.30. The van der Waals surface area contributed by atoms with Crippen molar-refractivity contribution in [3.63, 3.8) is 0 Å². The normalized spacial score (nSPS) is 11.6. The summed E-state index contributed by atoms with van der Waals surface area (Å²) in [6.07, 6.45) is 0.338. The Balaban J connectivity index is 1.91. The third-order valence-corrected chi connectivity index (χ3v) is 3.88. The molecule has 0 aliphatic rings. The van der Waals surface area contributed by atoms with Gasteiger partial charge in [-0.15, -0.1) is 0 Å². The van der Waals surface area contributed by atoms with E-state index in [-0.39, 0.29) is 18.3 Å². The van der Waals surface area contributed by atoms with Crippen LogP contribution in [-0.2, 0) is 17.8 Å². The van der Waals surface area contributed by atoms with Gasteiger partial charge in [0, 0.05) is 5.69 Å². The van der Waals surface area contributed by atoms with Crippen molar-refractivity contribution in [1.29, 1.82) is 5.26 Å². The zero-order valence-corrected chi connectivity index (χ0v) is 14.0. The number of likely N-dealkylation sites (N-methyl/N-ethyl adjacent to an activating group) is 1. The van der Waals surface area contributed by atoms with Crippen molar-refractivity contribution < 1.29 is 14.1 Å². The molecule has 2 aromatic rings. The van der Waals surface area contributed by atoms with Crippen LogP contribution in [0.2, 0.25) is 5.02 Å². The van der Waals surface area contributed by atoms with Crippen LogP contribution >= 0.6 is 11.6 Å². The predicted octanol–water partition coefficient (Wildman–Crippen LogP) is 2.20. The first-order valence-corrected chi connectivity index (χ1v) is 7.87. The summed E-state index contributed by atoms with van der Waals surface area (Å²) >= 11 is 6.00. The van der Waals surface area contributed by atoms with Crippen LogP contribution in [0.3, 0.4) is 0 Å². The summed E-state index contributed by atoms with van der Waals surface area (Å²) in [5, 5.41) is 11.8. The molecule has 4 nitrogen and oxygen atoms in total. The number of amides is 1. The summed E-state index contributed by atoms with van der Waals surface area (Å²) in [5.41, 5.74) is 1.97. The smallest absolute Gasteiger partial charge is 0.279 e. The van der Waals surface area contributed by atoms with Crippen LogP contribution in [0.4, 0.5) is 10.1 Å². The molecule has 2 rings (SSSR count). The van der Waals surface area contributed by atoms with E-state index >= 15 is 0 Å². The van der Waals surface area contributed by atoms with Crippen molar-refractivity contribution in [3.8, 4) is 6.07 Å². The lowest BCUT2D eigenvalue weighted by Gasteiger charge is -2.15. The number of carbonyl (C=O) groups excluding carboxylic acids is 1. The number of anilines is 1. The van der Waals surface area contributed by atoms with E-state index in [1.807, 2.05) is 0 Å². The van der Waals surface area contributed by atoms with E-state index in [1.165, 1.54) is 6.07 Å². The van der Waals surface area contributed by atoms with E-state index in [4.69, 9.17) is 16.9 Å². The van der Waals surface area contributed by atoms with Crippen molar-refractivity contribution in [2.75, 3.05) is 18.9 Å². The highest BCUT2D eigenvalue weighted by atomic mass is 35.5. The van der Waals surface area contributed by atoms with Gasteiger partial charge in [-0.3, -0.25) is 4.79 Å². The second-order valence-electron chi connectivity index (χ2n) is 5.59. The molecule has 0 aliphatic carbocycles. The third kappa shape index (κ3) is 5.05. The summed E-state index contributed by atoms with van der Waals surface area (Å²) in [7, 11) is 1.80. The molecule has 2 N–H and O–H groups in total. The lowest BCUT2D eigenvalue weighted by atomic mass is 10.1. The van der Waals surface area contributed by atoms with Crippen LogP contribution in [0.15, 0.2) is 42.5 Å². The van der Waals surface area contributed by atoms with E-state index in [2.05, 4.69) is 11.4 Å². The minimum atomic E-state index is -0.365. The molecule has 124 valence electrons. The molecule has 24 heavy (non-hydrogen) atoms. The second kappa shape index (κ2) is 8.44. The van der Waals surface area contributed by atoms with Gasteiger partial charge in [0.1, 0.15) is 12.4 Å². The standard InChI is InChI=1S/C18H17ClFN3O/c1-23(11-15-16(19)3-2-4-17(15)20)12-18(24)22-14-7-5-13(6-8-14)9-10-21/h2-8H,9,11-12H2,1H3,(H,22,24)/p+1. The molecule has 0 bridgehead atoms. The average molecular weight is 347 g/mol. The maximum atomic E-state index is 13.8. The van der Waals surface area contributed by atoms with Crippen LogP contribution in [0.25, 0.3) is 0 Å². The van der Waals surface area contributed by atoms with Crippen molar-refractivity contribution in [1.82, 2.24) is 0 Å². The molecule has 0 saturated carbocycles. The van der Waals surface area contributed by atoms with E-state index < -0.39 is 0 Å². The van der Waals surface area contributed by atoms with E-state index in [1.54, 1.807) is 43.4 Å². The Morgan fingerprint density at radius 3 is 2.62 bits per heavy atom. The molecule has 0 saturated heterocycles. The summed E-state index contributed by atoms with van der Waals surface area (Å²) in [4.78, 5) is 12.9. The number of nitrogens with one attached hydrogen (secondary N) is 2. The number of rotatable bonds is 6. The summed E-state index contributed by atoms with van der Waals surface area (Å²) in [6, 6.07) is 13.7. The fourth-order valence-corrected chi connectivity index (χ4v) is 2.57. The lowest BCUT2D eigenvalue weighted by Crippen LogP contribution is -3.08. The number of hydrogen-bond donors (Lipinski definition) is 2. The first-order chi connectivity index (χ1) is 11.5. The largest absolute Gasteiger partial charge is 0.326 e. The zero-order chi connectivity index (χ0) is 17.5. The maximum absolute atomic E-state index is 13.8. The third-order valence-electron chi connectivity index (χ3n) is 3.52. The summed E-state index contributed by atoms with van der Waals surface area (Å²) in [5.74, 6) is -0.539. The Labute approximate surface area is 145 Å². The van der Waals surface area contributed by atoms with Crippen molar-refractivity contribution in [2.24, 2.45) is 0 Å². The molecule has 0 radical (unpaired) electrons. The van der Waals surface area contributed by atoms with Gasteiger partial charge in [0.15, 0.2) is 6.54 Å². The van der Waals surface area contributed by atoms with E-state index in [0.29, 0.717) is 29.2 Å². The van der Waals surface area contributed by atoms with Crippen LogP contribution in [-0.4, -0.2) is 19.5 Å². The number of halogens is 2. The number of benzene rings is 2. The van der Waals surface area contributed by atoms with Gasteiger partial charge in [-0.25, -0.2) is 4.39 Å². The Morgan fingerprint density at radius 2 is 2.00 bits per heavy atom. The van der Waals surface area contributed by atoms with Crippen LogP contribution in [0, 0.1) is 17.1 Å². The zero-order valence-electron chi connectivity index (χ0n) is 13.3. The Bertz CT molecular complexity index is 736. The molecular weight excluding hydrogens is 329 g/mol. The number of nitriles is 1. The lowest BCUT2D eigenvalue weighted by molar-refractivity contribution is -0.885. The van der Waals surface area contributed by atoms with Crippen LogP contribution < -0.4 is 10.2 Å². The highest BCUT2D eigenvalue weighted by molar-refractivity contribution is 6.31. The first-order valence-electron chi connectivity index (χ1n) is 7.49. The molecule has 1 unspecified atom stereocenters. The number of carbonyl (C=O) groups is 1. The Hall–Kier alpha value is -2.42. The fourth-order valence-electron chi connectivity index (χ4n) is 2.34. The van der Waals surface area contributed by atoms with Gasteiger partial charge in [-0.1, -0.05) is 29.8 Å². The highest BCUT2D eigenvalue weighted by Crippen LogP contribution is 2.17. The minimum absolute atomic E-state index is 0.173. The molecule has 0 aromatic heterocycles. The molecule has 0 aliphatic heterocycles. The number of hydrogen-bond acceptors (Lipinski definition) is 2. The van der Waals surface area contributed by atoms with Crippen LogP contribution in [0.5, 0.6) is 0 Å². The van der Waals surface area contributed by atoms with Crippen molar-refractivity contribution in [2.45, 2.75) is 13.0 Å². The van der Waals surface area contributed by atoms with Gasteiger partial charge in [-0.05, 0) is 29.8 Å². The molecular formula is C18H18ClFN3O+. The number of nitrogens with zero attached hydrogens (tertiary/aromatic N) is 1. The van der Waals surface area contributed by atoms with Gasteiger partial charge in [0.25, 0.3) is 5.91 Å². The molecule has 2 aromatic carbocycles. The molecule has 6 heteroatoms. The quantitative estimate of drug-likeness (QED) is 0.842. The monoisotopic (exact) mass is 346 g/mol. The molecule has 1 amide bonds. The predicted molar refractivity (Wildman–Crippen MR) is 91.3 cm³/mol. The molecule has 0 fully saturated rings. The molecule has 0 spiro atoms. The van der Waals surface area contributed by atoms with Gasteiger partial charge in [0.2, 0.25) is 0 Å². The van der Waals surface area contributed by atoms with Crippen molar-refractivity contribution in [3.05, 3.63) is 64.4 Å². The SMILES string of the molecule is C[NH+](CC(=O)Nc1ccc(CC#N)cc1)Cc1c(F)cccc1Cl. The van der Waals surface area contributed by atoms with Gasteiger partial charge >= 0.3 is 0 Å². The first kappa shape index (κ1) is 17.9. The second-order valence-corrected chi connectivity index (χ2v) is 6.00. The molecule has 1 atom stereocenters. The van der Waals surface area contributed by atoms with Gasteiger partial charge < -0.3 is 10.2 Å². The maximum Gasteiger partial charge on any atom is 0.279 e.